The van der Waals surface area contributed by atoms with Crippen LogP contribution in [0.2, 0.25) is 0 Å². The van der Waals surface area contributed by atoms with E-state index in [1.807, 2.05) is 31.2 Å². The minimum absolute atomic E-state index is 0.0123. The molecular weight excluding hydrogens is 254 g/mol. The normalized spacial score (nSPS) is 10.6. The van der Waals surface area contributed by atoms with E-state index < -0.39 is 0 Å². The zero-order chi connectivity index (χ0) is 14.5. The molecule has 20 heavy (non-hydrogen) atoms. The zero-order valence-electron chi connectivity index (χ0n) is 11.8. The van der Waals surface area contributed by atoms with Crippen LogP contribution in [-0.2, 0) is 24.4 Å². The van der Waals surface area contributed by atoms with Gasteiger partial charge in [0.05, 0.1) is 11.9 Å². The highest BCUT2D eigenvalue weighted by molar-refractivity contribution is 5.75. The second-order valence-electron chi connectivity index (χ2n) is 4.79. The first-order valence-electron chi connectivity index (χ1n) is 6.47. The summed E-state index contributed by atoms with van der Waals surface area (Å²) < 4.78 is 1.51. The predicted octanol–water partition coefficient (Wildman–Crippen LogP) is 0.704. The Morgan fingerprint density at radius 1 is 1.40 bits per heavy atom. The number of aromatic nitrogens is 3. The van der Waals surface area contributed by atoms with Crippen molar-refractivity contribution in [1.82, 2.24) is 19.9 Å². The zero-order valence-corrected chi connectivity index (χ0v) is 11.8. The third kappa shape index (κ3) is 3.42. The monoisotopic (exact) mass is 273 g/mol. The van der Waals surface area contributed by atoms with Crippen LogP contribution in [0.15, 0.2) is 30.5 Å². The lowest BCUT2D eigenvalue weighted by Gasteiger charge is -2.18. The molecule has 0 radical (unpaired) electrons. The molecule has 106 valence electrons. The van der Waals surface area contributed by atoms with Crippen LogP contribution in [0, 0.1) is 6.92 Å². The van der Waals surface area contributed by atoms with E-state index in [0.717, 1.165) is 5.56 Å². The van der Waals surface area contributed by atoms with Gasteiger partial charge in [-0.05, 0) is 18.1 Å². The predicted molar refractivity (Wildman–Crippen MR) is 75.6 cm³/mol. The smallest absolute Gasteiger partial charge is 0.244 e. The van der Waals surface area contributed by atoms with Crippen LogP contribution in [0.5, 0.6) is 0 Å². The van der Waals surface area contributed by atoms with Crippen molar-refractivity contribution in [3.63, 3.8) is 0 Å². The Bertz CT molecular complexity index is 593. The van der Waals surface area contributed by atoms with E-state index in [9.17, 15) is 4.79 Å². The summed E-state index contributed by atoms with van der Waals surface area (Å²) in [6.45, 7) is 3.13. The Balaban J connectivity index is 1.97. The van der Waals surface area contributed by atoms with Gasteiger partial charge in [0.2, 0.25) is 5.91 Å². The lowest BCUT2D eigenvalue weighted by Crippen LogP contribution is -2.30. The Hall–Kier alpha value is -2.21. The van der Waals surface area contributed by atoms with Crippen molar-refractivity contribution in [3.8, 4) is 0 Å². The molecule has 6 nitrogen and oxygen atoms in total. The maximum Gasteiger partial charge on any atom is 0.244 e. The molecule has 0 atom stereocenters. The molecule has 2 N–H and O–H groups in total. The van der Waals surface area contributed by atoms with E-state index >= 15 is 0 Å². The molecule has 1 heterocycles. The number of likely N-dealkylation sites (N-methyl/N-ethyl adjacent to an activating group) is 1. The highest BCUT2D eigenvalue weighted by atomic mass is 16.2. The van der Waals surface area contributed by atoms with Gasteiger partial charge in [-0.3, -0.25) is 4.79 Å². The second kappa shape index (κ2) is 6.29. The Morgan fingerprint density at radius 3 is 2.80 bits per heavy atom. The molecule has 1 aromatic carbocycles. The fraction of sp³-hybridized carbons (Fsp3) is 0.357. The molecule has 2 aromatic rings. The highest BCUT2D eigenvalue weighted by Crippen LogP contribution is 2.09. The third-order valence-corrected chi connectivity index (χ3v) is 3.19. The topological polar surface area (TPSA) is 77.0 Å². The summed E-state index contributed by atoms with van der Waals surface area (Å²) in [7, 11) is 1.79. The van der Waals surface area contributed by atoms with Gasteiger partial charge < -0.3 is 10.6 Å². The van der Waals surface area contributed by atoms with Gasteiger partial charge in [0, 0.05) is 20.1 Å². The number of amides is 1. The number of carbonyl (C=O) groups excluding carboxylic acids is 1. The fourth-order valence-electron chi connectivity index (χ4n) is 1.90. The number of aryl methyl sites for hydroxylation is 1. The number of carbonyl (C=O) groups is 1. The number of hydrogen-bond donors (Lipinski definition) is 1. The fourth-order valence-corrected chi connectivity index (χ4v) is 1.90. The van der Waals surface area contributed by atoms with Gasteiger partial charge in [0.15, 0.2) is 0 Å². The van der Waals surface area contributed by atoms with E-state index in [1.54, 1.807) is 18.1 Å². The van der Waals surface area contributed by atoms with Gasteiger partial charge >= 0.3 is 0 Å². The van der Waals surface area contributed by atoms with Crippen LogP contribution in [0.4, 0.5) is 0 Å². The van der Waals surface area contributed by atoms with Crippen LogP contribution < -0.4 is 5.73 Å². The SMILES string of the molecule is Cc1ccccc1CN(C)C(=O)Cn1cc(CN)nn1. The first kappa shape index (κ1) is 14.2. The molecule has 0 fully saturated rings. The van der Waals surface area contributed by atoms with Crippen molar-refractivity contribution in [2.45, 2.75) is 26.6 Å². The van der Waals surface area contributed by atoms with E-state index in [-0.39, 0.29) is 12.5 Å². The molecule has 2 rings (SSSR count). The number of nitrogens with zero attached hydrogens (tertiary/aromatic N) is 4. The average molecular weight is 273 g/mol. The van der Waals surface area contributed by atoms with Gasteiger partial charge in [0.25, 0.3) is 0 Å². The summed E-state index contributed by atoms with van der Waals surface area (Å²) in [5.41, 5.74) is 8.46. The lowest BCUT2D eigenvalue weighted by molar-refractivity contribution is -0.131. The number of rotatable bonds is 5. The van der Waals surface area contributed by atoms with Gasteiger partial charge in [0.1, 0.15) is 6.54 Å². The van der Waals surface area contributed by atoms with Crippen LogP contribution in [0.25, 0.3) is 0 Å². The Morgan fingerprint density at radius 2 is 2.15 bits per heavy atom. The molecule has 0 spiro atoms. The first-order valence-corrected chi connectivity index (χ1v) is 6.47. The van der Waals surface area contributed by atoms with Crippen LogP contribution >= 0.6 is 0 Å². The molecular formula is C14H19N5O. The molecule has 0 bridgehead atoms. The van der Waals surface area contributed by atoms with Crippen molar-refractivity contribution in [3.05, 3.63) is 47.3 Å². The summed E-state index contributed by atoms with van der Waals surface area (Å²) in [5, 5.41) is 7.74. The van der Waals surface area contributed by atoms with Crippen LogP contribution in [-0.4, -0.2) is 32.8 Å². The van der Waals surface area contributed by atoms with E-state index in [0.29, 0.717) is 18.8 Å². The lowest BCUT2D eigenvalue weighted by atomic mass is 10.1. The summed E-state index contributed by atoms with van der Waals surface area (Å²) in [6.07, 6.45) is 1.69. The maximum atomic E-state index is 12.1. The second-order valence-corrected chi connectivity index (χ2v) is 4.79. The molecule has 0 unspecified atom stereocenters. The molecule has 6 heteroatoms. The highest BCUT2D eigenvalue weighted by Gasteiger charge is 2.12. The van der Waals surface area contributed by atoms with Crippen molar-refractivity contribution >= 4 is 5.91 Å². The van der Waals surface area contributed by atoms with Gasteiger partial charge in [-0.15, -0.1) is 5.10 Å². The van der Waals surface area contributed by atoms with Gasteiger partial charge in [-0.1, -0.05) is 29.5 Å². The molecule has 0 aliphatic rings. The van der Waals surface area contributed by atoms with E-state index in [1.165, 1.54) is 10.2 Å². The average Bonchev–Trinajstić information content (AvgIpc) is 2.89. The largest absolute Gasteiger partial charge is 0.340 e. The Kier molecular flexibility index (Phi) is 4.47. The minimum Gasteiger partial charge on any atom is -0.340 e. The summed E-state index contributed by atoms with van der Waals surface area (Å²) in [5.74, 6) is -0.0123. The maximum absolute atomic E-state index is 12.1. The van der Waals surface area contributed by atoms with Gasteiger partial charge in [-0.2, -0.15) is 0 Å². The van der Waals surface area contributed by atoms with Crippen LogP contribution in [0.3, 0.4) is 0 Å². The van der Waals surface area contributed by atoms with Crippen molar-refractivity contribution < 1.29 is 4.79 Å². The minimum atomic E-state index is -0.0123. The standard InChI is InChI=1S/C14H19N5O/c1-11-5-3-4-6-12(11)8-18(2)14(20)10-19-9-13(7-15)16-17-19/h3-6,9H,7-8,10,15H2,1-2H3. The van der Waals surface area contributed by atoms with Crippen LogP contribution in [0.1, 0.15) is 16.8 Å². The Labute approximate surface area is 118 Å². The van der Waals surface area contributed by atoms with E-state index in [4.69, 9.17) is 5.73 Å². The molecule has 1 amide bonds. The quantitative estimate of drug-likeness (QED) is 0.870. The molecule has 0 saturated carbocycles. The third-order valence-electron chi connectivity index (χ3n) is 3.19. The number of benzene rings is 1. The molecule has 0 aliphatic heterocycles. The number of hydrogen-bond acceptors (Lipinski definition) is 4. The summed E-state index contributed by atoms with van der Waals surface area (Å²) >= 11 is 0. The van der Waals surface area contributed by atoms with Gasteiger partial charge in [-0.25, -0.2) is 4.68 Å². The van der Waals surface area contributed by atoms with Crippen molar-refractivity contribution in [2.24, 2.45) is 5.73 Å². The first-order chi connectivity index (χ1) is 9.60. The van der Waals surface area contributed by atoms with Crippen molar-refractivity contribution in [2.75, 3.05) is 7.05 Å². The summed E-state index contributed by atoms with van der Waals surface area (Å²) in [6, 6.07) is 8.04. The summed E-state index contributed by atoms with van der Waals surface area (Å²) in [4.78, 5) is 13.8. The van der Waals surface area contributed by atoms with Crippen molar-refractivity contribution in [1.29, 1.82) is 0 Å². The molecule has 1 aromatic heterocycles. The molecule has 0 saturated heterocycles. The van der Waals surface area contributed by atoms with E-state index in [2.05, 4.69) is 10.3 Å². The number of nitrogens with two attached hydrogens (primary N) is 1. The molecule has 0 aliphatic carbocycles.